The monoisotopic (exact) mass is 339 g/mol. The highest BCUT2D eigenvalue weighted by Crippen LogP contribution is 2.07. The Balaban J connectivity index is 1.55. The zero-order valence-electron chi connectivity index (χ0n) is 13.3. The SMILES string of the molecule is O=C(/N=N/C(=O)NCCN1CCNC1=O)NCCN1CCCC1=O. The van der Waals surface area contributed by atoms with Crippen molar-refractivity contribution in [1.29, 1.82) is 0 Å². The van der Waals surface area contributed by atoms with Crippen LogP contribution in [0.25, 0.3) is 0 Å². The Hall–Kier alpha value is -2.72. The average Bonchev–Trinajstić information content (AvgIpc) is 3.14. The predicted molar refractivity (Wildman–Crippen MR) is 82.4 cm³/mol. The fraction of sp³-hybridized carbons (Fsp3) is 0.692. The van der Waals surface area contributed by atoms with Gasteiger partial charge in [-0.15, -0.1) is 0 Å². The summed E-state index contributed by atoms with van der Waals surface area (Å²) in [4.78, 5) is 48.7. The fourth-order valence-corrected chi connectivity index (χ4v) is 2.42. The maximum absolute atomic E-state index is 11.4. The largest absolute Gasteiger partial charge is 0.359 e. The van der Waals surface area contributed by atoms with Crippen LogP contribution in [0.2, 0.25) is 0 Å². The van der Waals surface area contributed by atoms with E-state index in [9.17, 15) is 19.2 Å². The zero-order valence-corrected chi connectivity index (χ0v) is 13.3. The molecule has 24 heavy (non-hydrogen) atoms. The van der Waals surface area contributed by atoms with Crippen LogP contribution in [-0.2, 0) is 4.79 Å². The summed E-state index contributed by atoms with van der Waals surface area (Å²) >= 11 is 0. The smallest absolute Gasteiger partial charge is 0.341 e. The number of hydrogen-bond acceptors (Lipinski definition) is 4. The molecule has 0 spiro atoms. The van der Waals surface area contributed by atoms with E-state index in [2.05, 4.69) is 26.2 Å². The van der Waals surface area contributed by atoms with E-state index in [-0.39, 0.29) is 25.0 Å². The van der Waals surface area contributed by atoms with E-state index in [1.165, 1.54) is 0 Å². The molecule has 0 radical (unpaired) electrons. The van der Waals surface area contributed by atoms with Gasteiger partial charge in [-0.25, -0.2) is 14.4 Å². The maximum atomic E-state index is 11.4. The lowest BCUT2D eigenvalue weighted by molar-refractivity contribution is -0.127. The molecule has 11 nitrogen and oxygen atoms in total. The number of nitrogens with zero attached hydrogens (tertiary/aromatic N) is 4. The van der Waals surface area contributed by atoms with Gasteiger partial charge in [0.2, 0.25) is 5.91 Å². The molecule has 0 aliphatic carbocycles. The van der Waals surface area contributed by atoms with Gasteiger partial charge in [-0.3, -0.25) is 4.79 Å². The summed E-state index contributed by atoms with van der Waals surface area (Å²) in [5.41, 5.74) is 0. The molecule has 2 fully saturated rings. The van der Waals surface area contributed by atoms with Crippen LogP contribution in [0.5, 0.6) is 0 Å². The molecule has 0 aromatic heterocycles. The van der Waals surface area contributed by atoms with Gasteiger partial charge in [-0.1, -0.05) is 10.2 Å². The Morgan fingerprint density at radius 2 is 1.62 bits per heavy atom. The molecule has 2 saturated heterocycles. The first-order chi connectivity index (χ1) is 11.6. The van der Waals surface area contributed by atoms with Gasteiger partial charge in [-0.2, -0.15) is 0 Å². The first-order valence-corrected chi connectivity index (χ1v) is 7.84. The number of hydrogen-bond donors (Lipinski definition) is 3. The van der Waals surface area contributed by atoms with E-state index in [1.54, 1.807) is 9.80 Å². The van der Waals surface area contributed by atoms with Gasteiger partial charge in [0.15, 0.2) is 0 Å². The van der Waals surface area contributed by atoms with E-state index in [4.69, 9.17) is 0 Å². The number of carbonyl (C=O) groups is 4. The van der Waals surface area contributed by atoms with Crippen molar-refractivity contribution in [2.24, 2.45) is 10.2 Å². The Labute approximate surface area is 138 Å². The molecular formula is C13H21N7O4. The van der Waals surface area contributed by atoms with Crippen molar-refractivity contribution in [3.8, 4) is 0 Å². The number of nitrogens with one attached hydrogen (secondary N) is 3. The number of azo groups is 1. The van der Waals surface area contributed by atoms with Crippen molar-refractivity contribution in [1.82, 2.24) is 25.8 Å². The van der Waals surface area contributed by atoms with Crippen LogP contribution in [0.4, 0.5) is 14.4 Å². The molecule has 0 aromatic rings. The lowest BCUT2D eigenvalue weighted by Crippen LogP contribution is -2.36. The second kappa shape index (κ2) is 8.79. The van der Waals surface area contributed by atoms with Crippen molar-refractivity contribution < 1.29 is 19.2 Å². The number of rotatable bonds is 6. The van der Waals surface area contributed by atoms with Crippen molar-refractivity contribution in [3.63, 3.8) is 0 Å². The van der Waals surface area contributed by atoms with Crippen molar-refractivity contribution in [2.75, 3.05) is 45.8 Å². The van der Waals surface area contributed by atoms with Crippen molar-refractivity contribution in [2.45, 2.75) is 12.8 Å². The Morgan fingerprint density at radius 3 is 2.12 bits per heavy atom. The molecule has 2 rings (SSSR count). The van der Waals surface area contributed by atoms with Crippen LogP contribution in [0, 0.1) is 0 Å². The first-order valence-electron chi connectivity index (χ1n) is 7.84. The highest BCUT2D eigenvalue weighted by Gasteiger charge is 2.19. The summed E-state index contributed by atoms with van der Waals surface area (Å²) in [5, 5.41) is 14.0. The number of urea groups is 3. The molecule has 0 saturated carbocycles. The minimum atomic E-state index is -0.750. The lowest BCUT2D eigenvalue weighted by atomic mass is 10.4. The van der Waals surface area contributed by atoms with Crippen LogP contribution in [0.15, 0.2) is 10.2 Å². The summed E-state index contributed by atoms with van der Waals surface area (Å²) in [6, 6.07) is -1.66. The van der Waals surface area contributed by atoms with Gasteiger partial charge in [-0.05, 0) is 6.42 Å². The molecule has 7 amide bonds. The van der Waals surface area contributed by atoms with Gasteiger partial charge in [0.05, 0.1) is 0 Å². The number of amides is 7. The average molecular weight is 339 g/mol. The predicted octanol–water partition coefficient (Wildman–Crippen LogP) is -0.495. The third kappa shape index (κ3) is 5.48. The van der Waals surface area contributed by atoms with Crippen molar-refractivity contribution >= 4 is 24.0 Å². The Morgan fingerprint density at radius 1 is 1.00 bits per heavy atom. The van der Waals surface area contributed by atoms with Crippen molar-refractivity contribution in [3.05, 3.63) is 0 Å². The second-order valence-electron chi connectivity index (χ2n) is 5.37. The van der Waals surface area contributed by atoms with E-state index < -0.39 is 12.1 Å². The standard InChI is InChI=1S/C13H21N7O4/c21-10-2-1-6-19(10)7-3-14-11(22)17-18-12(23)15-4-8-20-9-5-16-13(20)24/h1-9H2,(H,14,22)(H,15,23)(H,16,24)/b18-17+. The molecule has 2 heterocycles. The fourth-order valence-electron chi connectivity index (χ4n) is 2.42. The highest BCUT2D eigenvalue weighted by atomic mass is 16.2. The molecule has 0 bridgehead atoms. The minimum absolute atomic E-state index is 0.0805. The molecule has 2 aliphatic rings. The Bertz CT molecular complexity index is 490. The summed E-state index contributed by atoms with van der Waals surface area (Å²) in [6.07, 6.45) is 1.39. The summed E-state index contributed by atoms with van der Waals surface area (Å²) in [7, 11) is 0. The van der Waals surface area contributed by atoms with Gasteiger partial charge in [0.1, 0.15) is 0 Å². The minimum Gasteiger partial charge on any atom is -0.341 e. The molecule has 2 aliphatic heterocycles. The van der Waals surface area contributed by atoms with Crippen LogP contribution < -0.4 is 16.0 Å². The lowest BCUT2D eigenvalue weighted by Gasteiger charge is -2.14. The normalized spacial score (nSPS) is 17.5. The molecular weight excluding hydrogens is 318 g/mol. The molecule has 132 valence electrons. The topological polar surface area (TPSA) is 136 Å². The molecule has 0 aromatic carbocycles. The van der Waals surface area contributed by atoms with E-state index in [1.807, 2.05) is 0 Å². The van der Waals surface area contributed by atoms with E-state index in [0.29, 0.717) is 39.1 Å². The van der Waals surface area contributed by atoms with Gasteiger partial charge >= 0.3 is 18.1 Å². The maximum Gasteiger partial charge on any atom is 0.359 e. The van der Waals surface area contributed by atoms with Crippen LogP contribution >= 0.6 is 0 Å². The summed E-state index contributed by atoms with van der Waals surface area (Å²) in [5.74, 6) is 0.0805. The van der Waals surface area contributed by atoms with Crippen LogP contribution in [-0.4, -0.2) is 79.6 Å². The third-order valence-electron chi connectivity index (χ3n) is 3.66. The summed E-state index contributed by atoms with van der Waals surface area (Å²) in [6.45, 7) is 3.16. The first kappa shape index (κ1) is 17.6. The van der Waals surface area contributed by atoms with E-state index >= 15 is 0 Å². The molecule has 0 atom stereocenters. The van der Waals surface area contributed by atoms with Gasteiger partial charge in [0.25, 0.3) is 0 Å². The second-order valence-corrected chi connectivity index (χ2v) is 5.37. The van der Waals surface area contributed by atoms with Gasteiger partial charge < -0.3 is 25.8 Å². The van der Waals surface area contributed by atoms with Crippen LogP contribution in [0.1, 0.15) is 12.8 Å². The van der Waals surface area contributed by atoms with Crippen LogP contribution in [0.3, 0.4) is 0 Å². The summed E-state index contributed by atoms with van der Waals surface area (Å²) < 4.78 is 0. The molecule has 11 heteroatoms. The zero-order chi connectivity index (χ0) is 17.4. The number of likely N-dealkylation sites (tertiary alicyclic amines) is 1. The highest BCUT2D eigenvalue weighted by molar-refractivity contribution is 5.80. The van der Waals surface area contributed by atoms with E-state index in [0.717, 1.165) is 6.42 Å². The quantitative estimate of drug-likeness (QED) is 0.562. The molecule has 3 N–H and O–H groups in total. The molecule has 0 unspecified atom stereocenters. The third-order valence-corrected chi connectivity index (χ3v) is 3.66. The number of carbonyl (C=O) groups excluding carboxylic acids is 4. The Kier molecular flexibility index (Phi) is 6.46. The van der Waals surface area contributed by atoms with Gasteiger partial charge in [0, 0.05) is 52.2 Å².